The number of benzene rings is 1. The molecule has 38 heavy (non-hydrogen) atoms. The Kier molecular flexibility index (Phi) is 7.48. The van der Waals surface area contributed by atoms with Crippen LogP contribution < -0.4 is 14.8 Å². The van der Waals surface area contributed by atoms with Gasteiger partial charge in [-0.3, -0.25) is 0 Å². The quantitative estimate of drug-likeness (QED) is 0.346. The number of anilines is 1. The molecule has 0 radical (unpaired) electrons. The molecule has 2 aromatic heterocycles. The predicted octanol–water partition coefficient (Wildman–Crippen LogP) is 5.68. The number of ether oxygens (including phenoxy) is 2. The van der Waals surface area contributed by atoms with Crippen LogP contribution in [0.4, 0.5) is 5.69 Å². The van der Waals surface area contributed by atoms with Gasteiger partial charge in [0.15, 0.2) is 17.3 Å². The third kappa shape index (κ3) is 5.23. The first-order chi connectivity index (χ1) is 18.6. The zero-order chi connectivity index (χ0) is 26.1. The molecule has 3 aliphatic rings. The lowest BCUT2D eigenvalue weighted by atomic mass is 9.92. The molecule has 1 saturated carbocycles. The third-order valence-electron chi connectivity index (χ3n) is 8.77. The van der Waals surface area contributed by atoms with Gasteiger partial charge in [-0.1, -0.05) is 6.92 Å². The molecule has 3 aromatic rings. The fourth-order valence-corrected chi connectivity index (χ4v) is 6.81. The minimum Gasteiger partial charge on any atom is -0.493 e. The van der Waals surface area contributed by atoms with Crippen LogP contribution in [0.3, 0.4) is 0 Å². The number of nitrogens with one attached hydrogen (secondary N) is 1. The van der Waals surface area contributed by atoms with Gasteiger partial charge in [-0.05, 0) is 88.3 Å². The summed E-state index contributed by atoms with van der Waals surface area (Å²) in [5.74, 6) is 4.63. The Labute approximate surface area is 226 Å². The number of pyridine rings is 1. The molecule has 0 spiro atoms. The molecule has 4 heterocycles. The van der Waals surface area contributed by atoms with Gasteiger partial charge in [0.1, 0.15) is 11.5 Å². The van der Waals surface area contributed by atoms with Crippen LogP contribution in [0.25, 0.3) is 22.4 Å². The van der Waals surface area contributed by atoms with E-state index >= 15 is 0 Å². The van der Waals surface area contributed by atoms with E-state index in [4.69, 9.17) is 18.9 Å². The molecule has 2 saturated heterocycles. The number of methoxy groups -OCH3 is 1. The van der Waals surface area contributed by atoms with Crippen LogP contribution in [0, 0.1) is 11.8 Å². The lowest BCUT2D eigenvalue weighted by Crippen LogP contribution is -2.46. The standard InChI is InChI=1S/C31H42N4O3/c1-4-23-10-11-28(38-23)27-17-25(33-31-21-8-9-22(31)20-34(2)19-21)24-16-29(36-3)30(18-26(24)32-27)37-15-7-14-35-12-5-6-13-35/h10-11,16-18,21-22,31H,4-9,12-15,19-20H2,1-3H3,(H,32,33). The summed E-state index contributed by atoms with van der Waals surface area (Å²) in [5, 5.41) is 5.05. The van der Waals surface area contributed by atoms with Gasteiger partial charge in [-0.25, -0.2) is 4.98 Å². The summed E-state index contributed by atoms with van der Waals surface area (Å²) in [7, 11) is 3.97. The van der Waals surface area contributed by atoms with Crippen molar-refractivity contribution in [3.8, 4) is 23.0 Å². The minimum atomic E-state index is 0.472. The lowest BCUT2D eigenvalue weighted by molar-refractivity contribution is 0.187. The van der Waals surface area contributed by atoms with Gasteiger partial charge in [0.05, 0.1) is 19.2 Å². The summed E-state index contributed by atoms with van der Waals surface area (Å²) in [5.41, 5.74) is 2.85. The van der Waals surface area contributed by atoms with Crippen molar-refractivity contribution in [3.63, 3.8) is 0 Å². The lowest BCUT2D eigenvalue weighted by Gasteiger charge is -2.37. The fourth-order valence-electron chi connectivity index (χ4n) is 6.81. The molecule has 2 bridgehead atoms. The SMILES string of the molecule is CCc1ccc(-c2cc(NC3C4CCC3CN(C)C4)c3cc(OC)c(OCCCN4CCCC4)cc3n2)o1. The van der Waals surface area contributed by atoms with Crippen LogP contribution in [0.15, 0.2) is 34.7 Å². The van der Waals surface area contributed by atoms with Crippen LogP contribution in [-0.2, 0) is 6.42 Å². The maximum atomic E-state index is 6.27. The molecular weight excluding hydrogens is 476 g/mol. The van der Waals surface area contributed by atoms with Crippen molar-refractivity contribution in [2.75, 3.05) is 58.8 Å². The van der Waals surface area contributed by atoms with Gasteiger partial charge < -0.3 is 29.0 Å². The molecule has 2 unspecified atom stereocenters. The number of aromatic nitrogens is 1. The Balaban J connectivity index is 1.32. The zero-order valence-corrected chi connectivity index (χ0v) is 23.2. The van der Waals surface area contributed by atoms with Crippen LogP contribution in [0.2, 0.25) is 0 Å². The summed E-state index contributed by atoms with van der Waals surface area (Å²) in [6, 6.07) is 10.9. The van der Waals surface area contributed by atoms with Crippen molar-refractivity contribution in [3.05, 3.63) is 36.1 Å². The predicted molar refractivity (Wildman–Crippen MR) is 152 cm³/mol. The van der Waals surface area contributed by atoms with Crippen LogP contribution in [0.1, 0.15) is 44.8 Å². The van der Waals surface area contributed by atoms with Crippen molar-refractivity contribution in [1.29, 1.82) is 0 Å². The highest BCUT2D eigenvalue weighted by Crippen LogP contribution is 2.42. The minimum absolute atomic E-state index is 0.472. The number of hydrogen-bond acceptors (Lipinski definition) is 7. The van der Waals surface area contributed by atoms with E-state index < -0.39 is 0 Å². The number of likely N-dealkylation sites (tertiary alicyclic amines) is 2. The van der Waals surface area contributed by atoms with E-state index in [-0.39, 0.29) is 0 Å². The Morgan fingerprint density at radius 3 is 2.55 bits per heavy atom. The average Bonchev–Trinajstić information content (AvgIpc) is 3.67. The second-order valence-electron chi connectivity index (χ2n) is 11.4. The van der Waals surface area contributed by atoms with E-state index in [0.717, 1.165) is 77.8 Å². The van der Waals surface area contributed by atoms with Crippen molar-refractivity contribution in [2.24, 2.45) is 11.8 Å². The summed E-state index contributed by atoms with van der Waals surface area (Å²) in [6.45, 7) is 8.60. The van der Waals surface area contributed by atoms with Crippen molar-refractivity contribution < 1.29 is 13.9 Å². The molecule has 1 N–H and O–H groups in total. The second-order valence-corrected chi connectivity index (χ2v) is 11.4. The Morgan fingerprint density at radius 2 is 1.84 bits per heavy atom. The van der Waals surface area contributed by atoms with E-state index in [1.807, 2.05) is 12.1 Å². The van der Waals surface area contributed by atoms with Gasteiger partial charge >= 0.3 is 0 Å². The van der Waals surface area contributed by atoms with Crippen LogP contribution in [0.5, 0.6) is 11.5 Å². The number of piperidine rings is 1. The molecule has 6 rings (SSSR count). The van der Waals surface area contributed by atoms with Crippen LogP contribution in [-0.4, -0.2) is 74.3 Å². The largest absolute Gasteiger partial charge is 0.493 e. The maximum Gasteiger partial charge on any atom is 0.163 e. The Morgan fingerprint density at radius 1 is 1.05 bits per heavy atom. The highest BCUT2D eigenvalue weighted by molar-refractivity contribution is 5.95. The number of nitrogens with zero attached hydrogens (tertiary/aromatic N) is 3. The Hall–Kier alpha value is -2.77. The first-order valence-electron chi connectivity index (χ1n) is 14.5. The number of fused-ring (bicyclic) bond motifs is 3. The second kappa shape index (κ2) is 11.1. The van der Waals surface area contributed by atoms with E-state index in [2.05, 4.69) is 47.3 Å². The van der Waals surface area contributed by atoms with Crippen molar-refractivity contribution in [2.45, 2.75) is 51.5 Å². The van der Waals surface area contributed by atoms with Gasteiger partial charge in [-0.2, -0.15) is 0 Å². The topological polar surface area (TPSA) is 63.0 Å². The Bertz CT molecular complexity index is 1240. The van der Waals surface area contributed by atoms with E-state index in [1.54, 1.807) is 7.11 Å². The number of rotatable bonds is 10. The van der Waals surface area contributed by atoms with Gasteiger partial charge in [-0.15, -0.1) is 0 Å². The van der Waals surface area contributed by atoms with Crippen LogP contribution >= 0.6 is 0 Å². The summed E-state index contributed by atoms with van der Waals surface area (Å²) < 4.78 is 18.2. The molecule has 2 atom stereocenters. The molecule has 2 aliphatic heterocycles. The van der Waals surface area contributed by atoms with Crippen molar-refractivity contribution >= 4 is 16.6 Å². The molecular formula is C31H42N4O3. The molecule has 7 nitrogen and oxygen atoms in total. The van der Waals surface area contributed by atoms with E-state index in [1.165, 1.54) is 38.8 Å². The molecule has 1 aromatic carbocycles. The monoisotopic (exact) mass is 518 g/mol. The average molecular weight is 519 g/mol. The number of hydrogen-bond donors (Lipinski definition) is 1. The fraction of sp³-hybridized carbons (Fsp3) is 0.581. The van der Waals surface area contributed by atoms with E-state index in [9.17, 15) is 0 Å². The highest BCUT2D eigenvalue weighted by atomic mass is 16.5. The van der Waals surface area contributed by atoms with Crippen molar-refractivity contribution in [1.82, 2.24) is 14.8 Å². The van der Waals surface area contributed by atoms with Gasteiger partial charge in [0, 0.05) is 49.2 Å². The van der Waals surface area contributed by atoms with Gasteiger partial charge in [0.2, 0.25) is 0 Å². The van der Waals surface area contributed by atoms with Gasteiger partial charge in [0.25, 0.3) is 0 Å². The number of furan rings is 1. The molecule has 204 valence electrons. The summed E-state index contributed by atoms with van der Waals surface area (Å²) >= 11 is 0. The molecule has 1 aliphatic carbocycles. The first kappa shape index (κ1) is 25.5. The first-order valence-corrected chi connectivity index (χ1v) is 14.5. The van der Waals surface area contributed by atoms with E-state index in [0.29, 0.717) is 24.5 Å². The smallest absolute Gasteiger partial charge is 0.163 e. The summed E-state index contributed by atoms with van der Waals surface area (Å²) in [6.07, 6.45) is 7.09. The molecule has 7 heteroatoms. The molecule has 3 fully saturated rings. The highest BCUT2D eigenvalue weighted by Gasteiger charge is 2.41. The zero-order valence-electron chi connectivity index (χ0n) is 23.2. The third-order valence-corrected chi connectivity index (χ3v) is 8.77. The maximum absolute atomic E-state index is 6.27. The normalized spacial score (nSPS) is 23.8. The summed E-state index contributed by atoms with van der Waals surface area (Å²) in [4.78, 5) is 10.1. The number of aryl methyl sites for hydroxylation is 1. The molecule has 0 amide bonds.